The molecule has 1 aliphatic rings. The number of halogens is 2. The lowest BCUT2D eigenvalue weighted by Gasteiger charge is -2.36. The van der Waals surface area contributed by atoms with Gasteiger partial charge in [0, 0.05) is 23.0 Å². The number of rotatable bonds is 7. The van der Waals surface area contributed by atoms with Gasteiger partial charge >= 0.3 is 0 Å². The van der Waals surface area contributed by atoms with Crippen LogP contribution in [0.4, 0.5) is 8.78 Å². The van der Waals surface area contributed by atoms with Gasteiger partial charge in [-0.05, 0) is 60.2 Å². The van der Waals surface area contributed by atoms with E-state index in [1.807, 2.05) is 0 Å². The number of carbonyl (C=O) groups excluding carboxylic acids is 1. The van der Waals surface area contributed by atoms with Crippen molar-refractivity contribution in [2.45, 2.75) is 4.90 Å². The van der Waals surface area contributed by atoms with Crippen molar-refractivity contribution < 1.29 is 31.5 Å². The van der Waals surface area contributed by atoms with Crippen LogP contribution >= 0.6 is 0 Å². The second kappa shape index (κ2) is 10.9. The molecule has 0 aromatic heterocycles. The van der Waals surface area contributed by atoms with Gasteiger partial charge in [-0.1, -0.05) is 18.2 Å². The summed E-state index contributed by atoms with van der Waals surface area (Å²) in [5, 5.41) is 0. The predicted octanol–water partition coefficient (Wildman–Crippen LogP) is 4.53. The van der Waals surface area contributed by atoms with E-state index in [1.165, 1.54) is 55.5 Å². The maximum absolute atomic E-state index is 14.5. The summed E-state index contributed by atoms with van der Waals surface area (Å²) in [5.41, 5.74) is 1.32. The number of benzene rings is 3. The molecule has 3 aromatic carbocycles. The zero-order chi connectivity index (χ0) is 26.6. The number of carbonyl (C=O) groups is 1. The van der Waals surface area contributed by atoms with Crippen LogP contribution in [0.1, 0.15) is 11.1 Å². The van der Waals surface area contributed by atoms with Crippen LogP contribution in [0.25, 0.3) is 12.2 Å². The molecular weight excluding hydrogens is 502 g/mol. The summed E-state index contributed by atoms with van der Waals surface area (Å²) in [7, 11) is -1.10. The first-order valence-electron chi connectivity index (χ1n) is 11.1. The van der Waals surface area contributed by atoms with Crippen molar-refractivity contribution in [1.82, 2.24) is 9.21 Å². The van der Waals surface area contributed by atoms with Gasteiger partial charge in [0.2, 0.25) is 16.4 Å². The first-order valence-corrected chi connectivity index (χ1v) is 12.6. The lowest BCUT2D eigenvalue weighted by molar-refractivity contribution is -0.115. The Morgan fingerprint density at radius 3 is 2.00 bits per heavy atom. The molecule has 0 unspecified atom stereocenters. The van der Waals surface area contributed by atoms with Gasteiger partial charge in [0.1, 0.15) is 23.1 Å². The third-order valence-electron chi connectivity index (χ3n) is 5.79. The number of methoxy groups -OCH3 is 2. The van der Waals surface area contributed by atoms with Gasteiger partial charge < -0.3 is 9.47 Å². The van der Waals surface area contributed by atoms with Crippen LogP contribution in [-0.2, 0) is 14.8 Å². The highest BCUT2D eigenvalue weighted by Crippen LogP contribution is 2.31. The van der Waals surface area contributed by atoms with Crippen molar-refractivity contribution in [3.05, 3.63) is 101 Å². The van der Waals surface area contributed by atoms with Crippen LogP contribution in [0, 0.1) is 11.6 Å². The maximum atomic E-state index is 14.5. The average Bonchev–Trinajstić information content (AvgIpc) is 2.89. The van der Waals surface area contributed by atoms with E-state index in [4.69, 9.17) is 9.47 Å². The number of sulfonamides is 1. The maximum Gasteiger partial charge on any atom is 0.243 e. The first-order chi connectivity index (χ1) is 17.7. The summed E-state index contributed by atoms with van der Waals surface area (Å²) in [6, 6.07) is 15.5. The Morgan fingerprint density at radius 2 is 1.43 bits per heavy atom. The summed E-state index contributed by atoms with van der Waals surface area (Å²) < 4.78 is 66.7. The molecule has 0 aliphatic carbocycles. The minimum atomic E-state index is -4.10. The minimum absolute atomic E-state index is 0.110. The Bertz CT molecular complexity index is 1450. The van der Waals surface area contributed by atoms with Gasteiger partial charge in [-0.3, -0.25) is 9.69 Å². The monoisotopic (exact) mass is 526 g/mol. The Labute approximate surface area is 213 Å². The van der Waals surface area contributed by atoms with Gasteiger partial charge in [-0.2, -0.15) is 4.31 Å². The molecule has 3 aromatic rings. The second-order valence-corrected chi connectivity index (χ2v) is 10.1. The Morgan fingerprint density at radius 1 is 0.838 bits per heavy atom. The zero-order valence-corrected chi connectivity index (χ0v) is 20.9. The largest absolute Gasteiger partial charge is 0.497 e. The standard InChI is InChI=1S/C27H24F2N2O5S/c1-35-24-12-19(13-25(15-24)36-2)11-22-16-30(37(33,34)26-9-7-21(28)8-10-26)17-23(31(22)18-32)14-20-5-3-4-6-27(20)29/h3-15,18H,16-17H2,1-2H3. The smallest absolute Gasteiger partial charge is 0.243 e. The molecule has 1 aliphatic heterocycles. The molecule has 37 heavy (non-hydrogen) atoms. The Hall–Kier alpha value is -4.02. The fraction of sp³-hybridized carbons (Fsp3) is 0.148. The molecule has 0 N–H and O–H groups in total. The molecule has 1 saturated heterocycles. The van der Waals surface area contributed by atoms with Gasteiger partial charge in [-0.25, -0.2) is 17.2 Å². The molecule has 7 nitrogen and oxygen atoms in total. The van der Waals surface area contributed by atoms with Crippen LogP contribution in [0.3, 0.4) is 0 Å². The van der Waals surface area contributed by atoms with Gasteiger partial charge in [0.05, 0.1) is 32.2 Å². The zero-order valence-electron chi connectivity index (χ0n) is 20.1. The highest BCUT2D eigenvalue weighted by Gasteiger charge is 2.34. The number of hydrogen-bond acceptors (Lipinski definition) is 5. The van der Waals surface area contributed by atoms with E-state index in [1.54, 1.807) is 30.3 Å². The third-order valence-corrected chi connectivity index (χ3v) is 7.59. The quantitative estimate of drug-likeness (QED) is 0.423. The third kappa shape index (κ3) is 5.71. The molecule has 0 saturated carbocycles. The SMILES string of the molecule is COc1cc(C=C2CN(S(=O)(=O)c3ccc(F)cc3)CC(=Cc3ccccc3F)N2C=O)cc(OC)c1. The molecular formula is C27H24F2N2O5S. The Kier molecular flexibility index (Phi) is 7.70. The molecule has 192 valence electrons. The second-order valence-electron chi connectivity index (χ2n) is 8.14. The van der Waals surface area contributed by atoms with E-state index in [2.05, 4.69) is 0 Å². The van der Waals surface area contributed by atoms with E-state index in [9.17, 15) is 22.0 Å². The number of ether oxygens (including phenoxy) is 2. The lowest BCUT2D eigenvalue weighted by atomic mass is 10.1. The van der Waals surface area contributed by atoms with E-state index >= 15 is 0 Å². The van der Waals surface area contributed by atoms with E-state index in [0.717, 1.165) is 16.4 Å². The van der Waals surface area contributed by atoms with Gasteiger partial charge in [-0.15, -0.1) is 0 Å². The normalized spacial score (nSPS) is 16.7. The first kappa shape index (κ1) is 26.1. The van der Waals surface area contributed by atoms with Crippen molar-refractivity contribution in [2.75, 3.05) is 27.3 Å². The van der Waals surface area contributed by atoms with Crippen LogP contribution in [0.2, 0.25) is 0 Å². The molecule has 0 spiro atoms. The van der Waals surface area contributed by atoms with E-state index in [-0.39, 0.29) is 29.2 Å². The minimum Gasteiger partial charge on any atom is -0.497 e. The number of hydrogen-bond donors (Lipinski definition) is 0. The van der Waals surface area contributed by atoms with Crippen LogP contribution in [0.5, 0.6) is 11.5 Å². The molecule has 0 atom stereocenters. The van der Waals surface area contributed by atoms with Crippen LogP contribution in [-0.4, -0.2) is 51.3 Å². The molecule has 0 bridgehead atoms. The van der Waals surface area contributed by atoms with Crippen molar-refractivity contribution in [3.63, 3.8) is 0 Å². The summed E-state index contributed by atoms with van der Waals surface area (Å²) in [6.07, 6.45) is 3.61. The topological polar surface area (TPSA) is 76.2 Å². The van der Waals surface area contributed by atoms with Crippen molar-refractivity contribution >= 4 is 28.6 Å². The fourth-order valence-corrected chi connectivity index (χ4v) is 5.30. The molecule has 10 heteroatoms. The highest BCUT2D eigenvalue weighted by molar-refractivity contribution is 7.89. The van der Waals surface area contributed by atoms with Gasteiger partial charge in [0.25, 0.3) is 0 Å². The van der Waals surface area contributed by atoms with Crippen LogP contribution in [0.15, 0.2) is 83.0 Å². The number of amides is 1. The highest BCUT2D eigenvalue weighted by atomic mass is 32.2. The van der Waals surface area contributed by atoms with Crippen molar-refractivity contribution in [1.29, 1.82) is 0 Å². The Balaban J connectivity index is 1.85. The number of piperazine rings is 1. The lowest BCUT2D eigenvalue weighted by Crippen LogP contribution is -2.45. The van der Waals surface area contributed by atoms with Gasteiger partial charge in [0.15, 0.2) is 0 Å². The molecule has 1 fully saturated rings. The van der Waals surface area contributed by atoms with E-state index < -0.39 is 21.7 Å². The van der Waals surface area contributed by atoms with Crippen LogP contribution < -0.4 is 9.47 Å². The predicted molar refractivity (Wildman–Crippen MR) is 135 cm³/mol. The molecule has 1 amide bonds. The number of nitrogens with zero attached hydrogens (tertiary/aromatic N) is 2. The summed E-state index contributed by atoms with van der Waals surface area (Å²) in [4.78, 5) is 13.4. The summed E-state index contributed by atoms with van der Waals surface area (Å²) in [5.74, 6) is -0.102. The fourth-order valence-electron chi connectivity index (χ4n) is 3.92. The van der Waals surface area contributed by atoms with Crippen molar-refractivity contribution in [2.24, 2.45) is 0 Å². The summed E-state index contributed by atoms with van der Waals surface area (Å²) >= 11 is 0. The average molecular weight is 527 g/mol. The van der Waals surface area contributed by atoms with E-state index in [0.29, 0.717) is 29.2 Å². The summed E-state index contributed by atoms with van der Waals surface area (Å²) in [6.45, 7) is -0.391. The molecule has 0 radical (unpaired) electrons. The molecule has 4 rings (SSSR count). The molecule has 1 heterocycles. The van der Waals surface area contributed by atoms with Crippen molar-refractivity contribution in [3.8, 4) is 11.5 Å².